The van der Waals surface area contributed by atoms with Gasteiger partial charge in [0.05, 0.1) is 12.7 Å². The number of rotatable bonds is 3. The molecule has 1 atom stereocenters. The van der Waals surface area contributed by atoms with Gasteiger partial charge in [0.1, 0.15) is 0 Å². The summed E-state index contributed by atoms with van der Waals surface area (Å²) < 4.78 is 6.01. The third-order valence-electron chi connectivity index (χ3n) is 4.73. The molecule has 0 aromatic heterocycles. The quantitative estimate of drug-likeness (QED) is 0.718. The van der Waals surface area contributed by atoms with E-state index in [0.29, 0.717) is 17.9 Å². The monoisotopic (exact) mass is 294 g/mol. The Labute approximate surface area is 134 Å². The molecule has 0 fully saturated rings. The topological polar surface area (TPSA) is 9.23 Å². The molecule has 3 rings (SSSR count). The summed E-state index contributed by atoms with van der Waals surface area (Å²) in [6.45, 7) is 9.68. The molecule has 0 bridgehead atoms. The Hall–Kier alpha value is -1.60. The Morgan fingerprint density at radius 1 is 0.864 bits per heavy atom. The van der Waals surface area contributed by atoms with Gasteiger partial charge in [-0.15, -0.1) is 0 Å². The van der Waals surface area contributed by atoms with Crippen molar-refractivity contribution in [2.24, 2.45) is 5.92 Å². The fourth-order valence-corrected chi connectivity index (χ4v) is 3.10. The first kappa shape index (κ1) is 15.3. The first-order valence-corrected chi connectivity index (χ1v) is 8.38. The molecule has 0 aliphatic carbocycles. The van der Waals surface area contributed by atoms with Crippen LogP contribution in [0.3, 0.4) is 0 Å². The van der Waals surface area contributed by atoms with Gasteiger partial charge in [0.25, 0.3) is 0 Å². The number of hydrogen-bond acceptors (Lipinski definition) is 1. The molecule has 0 saturated carbocycles. The molecule has 0 amide bonds. The summed E-state index contributed by atoms with van der Waals surface area (Å²) in [5.74, 6) is 1.16. The average molecular weight is 294 g/mol. The van der Waals surface area contributed by atoms with Crippen molar-refractivity contribution >= 4 is 0 Å². The SMILES string of the molecule is CC(C)c1ccc(-c2ccc3c(c2)COC(C(C)C)C3)cc1. The Bertz CT molecular complexity index is 637. The lowest BCUT2D eigenvalue weighted by molar-refractivity contribution is -0.000256. The maximum absolute atomic E-state index is 6.01. The van der Waals surface area contributed by atoms with E-state index in [4.69, 9.17) is 4.74 Å². The first-order valence-electron chi connectivity index (χ1n) is 8.38. The highest BCUT2D eigenvalue weighted by Gasteiger charge is 2.21. The fraction of sp³-hybridized carbons (Fsp3) is 0.429. The molecule has 1 nitrogen and oxygen atoms in total. The van der Waals surface area contributed by atoms with Gasteiger partial charge >= 0.3 is 0 Å². The van der Waals surface area contributed by atoms with Gasteiger partial charge in [0, 0.05) is 0 Å². The van der Waals surface area contributed by atoms with Gasteiger partial charge in [-0.1, -0.05) is 64.1 Å². The predicted molar refractivity (Wildman–Crippen MR) is 93.1 cm³/mol. The second-order valence-electron chi connectivity index (χ2n) is 7.06. The van der Waals surface area contributed by atoms with E-state index < -0.39 is 0 Å². The molecule has 0 saturated heterocycles. The minimum absolute atomic E-state index is 0.365. The molecule has 2 aromatic carbocycles. The van der Waals surface area contributed by atoms with Crippen LogP contribution in [0.4, 0.5) is 0 Å². The minimum atomic E-state index is 0.365. The summed E-state index contributed by atoms with van der Waals surface area (Å²) in [5.41, 5.74) is 6.78. The largest absolute Gasteiger partial charge is 0.373 e. The number of hydrogen-bond donors (Lipinski definition) is 0. The highest BCUT2D eigenvalue weighted by atomic mass is 16.5. The molecule has 0 N–H and O–H groups in total. The molecule has 0 spiro atoms. The van der Waals surface area contributed by atoms with Crippen LogP contribution in [0.25, 0.3) is 11.1 Å². The number of benzene rings is 2. The summed E-state index contributed by atoms with van der Waals surface area (Å²) in [6.07, 6.45) is 1.41. The highest BCUT2D eigenvalue weighted by Crippen LogP contribution is 2.29. The van der Waals surface area contributed by atoms with Crippen molar-refractivity contribution in [3.8, 4) is 11.1 Å². The van der Waals surface area contributed by atoms with Crippen LogP contribution in [0, 0.1) is 5.92 Å². The van der Waals surface area contributed by atoms with E-state index in [1.54, 1.807) is 0 Å². The van der Waals surface area contributed by atoms with Gasteiger partial charge in [-0.05, 0) is 52.1 Å². The lowest BCUT2D eigenvalue weighted by Crippen LogP contribution is -2.27. The third kappa shape index (κ3) is 3.10. The van der Waals surface area contributed by atoms with E-state index in [1.807, 2.05) is 0 Å². The van der Waals surface area contributed by atoms with E-state index in [1.165, 1.54) is 27.8 Å². The van der Waals surface area contributed by atoms with Gasteiger partial charge in [0.2, 0.25) is 0 Å². The van der Waals surface area contributed by atoms with Crippen molar-refractivity contribution in [2.45, 2.75) is 52.7 Å². The lowest BCUT2D eigenvalue weighted by atomic mass is 9.90. The van der Waals surface area contributed by atoms with Crippen LogP contribution >= 0.6 is 0 Å². The summed E-state index contributed by atoms with van der Waals surface area (Å²) >= 11 is 0. The molecule has 1 heteroatoms. The Morgan fingerprint density at radius 2 is 1.55 bits per heavy atom. The Morgan fingerprint density at radius 3 is 2.18 bits per heavy atom. The van der Waals surface area contributed by atoms with E-state index >= 15 is 0 Å². The molecular formula is C21H26O. The van der Waals surface area contributed by atoms with Crippen molar-refractivity contribution < 1.29 is 4.74 Å². The van der Waals surface area contributed by atoms with Crippen molar-refractivity contribution in [3.63, 3.8) is 0 Å². The molecule has 116 valence electrons. The molecule has 1 heterocycles. The predicted octanol–water partition coefficient (Wildman–Crippen LogP) is 5.57. The van der Waals surface area contributed by atoms with Crippen LogP contribution in [0.1, 0.15) is 50.3 Å². The van der Waals surface area contributed by atoms with Crippen LogP contribution in [0.5, 0.6) is 0 Å². The normalized spacial score (nSPS) is 17.8. The van der Waals surface area contributed by atoms with E-state index in [-0.39, 0.29) is 0 Å². The zero-order chi connectivity index (χ0) is 15.7. The molecule has 1 aliphatic heterocycles. The maximum Gasteiger partial charge on any atom is 0.0723 e. The zero-order valence-electron chi connectivity index (χ0n) is 14.1. The van der Waals surface area contributed by atoms with Crippen molar-refractivity contribution in [3.05, 3.63) is 59.2 Å². The summed E-state index contributed by atoms with van der Waals surface area (Å²) in [6, 6.07) is 15.8. The Balaban J connectivity index is 1.85. The van der Waals surface area contributed by atoms with Crippen LogP contribution in [-0.4, -0.2) is 6.10 Å². The molecule has 1 unspecified atom stereocenters. The summed E-state index contributed by atoms with van der Waals surface area (Å²) in [4.78, 5) is 0. The van der Waals surface area contributed by atoms with Gasteiger partial charge < -0.3 is 4.74 Å². The lowest BCUT2D eigenvalue weighted by Gasteiger charge is -2.28. The summed E-state index contributed by atoms with van der Waals surface area (Å²) in [5, 5.41) is 0. The van der Waals surface area contributed by atoms with Gasteiger partial charge in [-0.25, -0.2) is 0 Å². The van der Waals surface area contributed by atoms with Gasteiger partial charge in [-0.3, -0.25) is 0 Å². The van der Waals surface area contributed by atoms with Crippen LogP contribution in [0.2, 0.25) is 0 Å². The molecule has 2 aromatic rings. The van der Waals surface area contributed by atoms with Crippen molar-refractivity contribution in [1.29, 1.82) is 0 Å². The summed E-state index contributed by atoms with van der Waals surface area (Å²) in [7, 11) is 0. The van der Waals surface area contributed by atoms with E-state index in [9.17, 15) is 0 Å². The van der Waals surface area contributed by atoms with Crippen LogP contribution in [-0.2, 0) is 17.8 Å². The van der Waals surface area contributed by atoms with Crippen LogP contribution in [0.15, 0.2) is 42.5 Å². The van der Waals surface area contributed by atoms with Gasteiger partial charge in [-0.2, -0.15) is 0 Å². The number of ether oxygens (including phenoxy) is 1. The molecular weight excluding hydrogens is 268 g/mol. The minimum Gasteiger partial charge on any atom is -0.373 e. The third-order valence-corrected chi connectivity index (χ3v) is 4.73. The van der Waals surface area contributed by atoms with E-state index in [0.717, 1.165) is 13.0 Å². The Kier molecular flexibility index (Phi) is 4.35. The second-order valence-corrected chi connectivity index (χ2v) is 7.06. The van der Waals surface area contributed by atoms with Crippen LogP contribution < -0.4 is 0 Å². The first-order chi connectivity index (χ1) is 10.5. The van der Waals surface area contributed by atoms with Gasteiger partial charge in [0.15, 0.2) is 0 Å². The smallest absolute Gasteiger partial charge is 0.0723 e. The highest BCUT2D eigenvalue weighted by molar-refractivity contribution is 5.65. The number of fused-ring (bicyclic) bond motifs is 1. The fourth-order valence-electron chi connectivity index (χ4n) is 3.10. The van der Waals surface area contributed by atoms with E-state index in [2.05, 4.69) is 70.2 Å². The average Bonchev–Trinajstić information content (AvgIpc) is 2.54. The zero-order valence-corrected chi connectivity index (χ0v) is 14.1. The molecule has 22 heavy (non-hydrogen) atoms. The van der Waals surface area contributed by atoms with Crippen molar-refractivity contribution in [1.82, 2.24) is 0 Å². The maximum atomic E-state index is 6.01. The van der Waals surface area contributed by atoms with Crippen molar-refractivity contribution in [2.75, 3.05) is 0 Å². The standard InChI is InChI=1S/C21H26O/c1-14(2)16-5-7-17(8-6-16)18-9-10-19-12-21(15(3)4)22-13-20(19)11-18/h5-11,14-15,21H,12-13H2,1-4H3. The molecule has 1 aliphatic rings. The molecule has 0 radical (unpaired) electrons. The second kappa shape index (κ2) is 6.26.